The zero-order valence-electron chi connectivity index (χ0n) is 2.75. The summed E-state index contributed by atoms with van der Waals surface area (Å²) in [4.78, 5) is 0. The van der Waals surface area contributed by atoms with Crippen molar-refractivity contribution in [3.8, 4) is 0 Å². The van der Waals surface area contributed by atoms with Crippen molar-refractivity contribution in [3.63, 3.8) is 0 Å². The SMILES string of the molecule is FC[CH]CCl. The molecule has 0 atom stereocenters. The lowest BCUT2D eigenvalue weighted by Crippen LogP contribution is -1.74. The second-order valence-corrected chi connectivity index (χ2v) is 0.906. The standard InChI is InChI=1S/C3H5ClF/c4-2-1-3-5/h1H,2-3H2. The van der Waals surface area contributed by atoms with Gasteiger partial charge >= 0.3 is 0 Å². The highest BCUT2D eigenvalue weighted by molar-refractivity contribution is 6.18. The van der Waals surface area contributed by atoms with Crippen LogP contribution in [0, 0.1) is 6.42 Å². The Balaban J connectivity index is 2.19. The fraction of sp³-hybridized carbons (Fsp3) is 0.667. The van der Waals surface area contributed by atoms with Crippen LogP contribution in [-0.4, -0.2) is 12.6 Å². The first-order valence-corrected chi connectivity index (χ1v) is 1.89. The summed E-state index contributed by atoms with van der Waals surface area (Å²) in [7, 11) is 0. The summed E-state index contributed by atoms with van der Waals surface area (Å²) in [5, 5.41) is 0. The average molecular weight is 95.5 g/mol. The van der Waals surface area contributed by atoms with Crippen LogP contribution in [0.15, 0.2) is 0 Å². The van der Waals surface area contributed by atoms with Crippen LogP contribution in [0.2, 0.25) is 0 Å². The molecule has 5 heavy (non-hydrogen) atoms. The molecule has 0 unspecified atom stereocenters. The monoisotopic (exact) mass is 95.0 g/mol. The van der Waals surface area contributed by atoms with Gasteiger partial charge in [-0.15, -0.1) is 11.6 Å². The summed E-state index contributed by atoms with van der Waals surface area (Å²) < 4.78 is 10.9. The lowest BCUT2D eigenvalue weighted by molar-refractivity contribution is 0.540. The average Bonchev–Trinajstić information content (AvgIpc) is 1.41. The molecule has 0 aromatic carbocycles. The Bertz CT molecular complexity index is 14.4. The highest BCUT2D eigenvalue weighted by Crippen LogP contribution is 1.79. The summed E-state index contributed by atoms with van der Waals surface area (Å²) in [5.41, 5.74) is 0. The van der Waals surface area contributed by atoms with Crippen molar-refractivity contribution in [2.24, 2.45) is 0 Å². The molecule has 0 N–H and O–H groups in total. The first kappa shape index (κ1) is 5.22. The van der Waals surface area contributed by atoms with Gasteiger partial charge in [-0.3, -0.25) is 4.39 Å². The second kappa shape index (κ2) is 4.22. The molecule has 0 bridgehead atoms. The van der Waals surface area contributed by atoms with E-state index in [0.29, 0.717) is 5.88 Å². The Morgan fingerprint density at radius 1 is 1.80 bits per heavy atom. The van der Waals surface area contributed by atoms with Crippen LogP contribution in [-0.2, 0) is 0 Å². The Hall–Kier alpha value is 0.220. The number of alkyl halides is 2. The first-order chi connectivity index (χ1) is 2.41. The largest absolute Gasteiger partial charge is 0.251 e. The van der Waals surface area contributed by atoms with Crippen LogP contribution >= 0.6 is 11.6 Å². The Labute approximate surface area is 35.9 Å². The van der Waals surface area contributed by atoms with E-state index in [0.717, 1.165) is 0 Å². The topological polar surface area (TPSA) is 0 Å². The molecular weight excluding hydrogens is 90.5 g/mol. The Morgan fingerprint density at radius 2 is 2.40 bits per heavy atom. The molecule has 0 fully saturated rings. The fourth-order valence-corrected chi connectivity index (χ4v) is 0.124. The van der Waals surface area contributed by atoms with E-state index in [9.17, 15) is 4.39 Å². The van der Waals surface area contributed by atoms with Gasteiger partial charge in [-0.25, -0.2) is 0 Å². The van der Waals surface area contributed by atoms with Crippen LogP contribution < -0.4 is 0 Å². The summed E-state index contributed by atoms with van der Waals surface area (Å²) in [6.07, 6.45) is 1.35. The third-order valence-electron chi connectivity index (χ3n) is 0.218. The van der Waals surface area contributed by atoms with Crippen LogP contribution in [0.5, 0.6) is 0 Å². The predicted molar refractivity (Wildman–Crippen MR) is 21.0 cm³/mol. The van der Waals surface area contributed by atoms with Crippen LogP contribution in [0.1, 0.15) is 0 Å². The van der Waals surface area contributed by atoms with Gasteiger partial charge in [-0.2, -0.15) is 0 Å². The minimum Gasteiger partial charge on any atom is -0.251 e. The number of hydrogen-bond donors (Lipinski definition) is 0. The van der Waals surface area contributed by atoms with E-state index in [1.54, 1.807) is 0 Å². The smallest absolute Gasteiger partial charge is 0.0938 e. The molecule has 0 aliphatic heterocycles. The number of halogens is 2. The Morgan fingerprint density at radius 3 is 2.40 bits per heavy atom. The molecule has 2 heteroatoms. The van der Waals surface area contributed by atoms with Crippen molar-refractivity contribution in [1.82, 2.24) is 0 Å². The van der Waals surface area contributed by atoms with Gasteiger partial charge in [0.15, 0.2) is 0 Å². The Kier molecular flexibility index (Phi) is 4.41. The van der Waals surface area contributed by atoms with Gasteiger partial charge in [-0.05, 0) is 0 Å². The number of rotatable bonds is 2. The molecule has 0 saturated carbocycles. The van der Waals surface area contributed by atoms with E-state index in [1.165, 1.54) is 6.42 Å². The van der Waals surface area contributed by atoms with Gasteiger partial charge in [0, 0.05) is 12.3 Å². The maximum atomic E-state index is 10.9. The molecule has 0 aliphatic rings. The van der Waals surface area contributed by atoms with Crippen LogP contribution in [0.25, 0.3) is 0 Å². The van der Waals surface area contributed by atoms with E-state index >= 15 is 0 Å². The summed E-state index contributed by atoms with van der Waals surface area (Å²) in [6, 6.07) is 0. The minimum atomic E-state index is -0.413. The normalized spacial score (nSPS) is 8.40. The first-order valence-electron chi connectivity index (χ1n) is 1.35. The van der Waals surface area contributed by atoms with Gasteiger partial charge in [0.2, 0.25) is 0 Å². The lowest BCUT2D eigenvalue weighted by atomic mass is 10.6. The quantitative estimate of drug-likeness (QED) is 0.455. The van der Waals surface area contributed by atoms with E-state index < -0.39 is 6.67 Å². The van der Waals surface area contributed by atoms with Crippen molar-refractivity contribution >= 4 is 11.6 Å². The highest BCUT2D eigenvalue weighted by Gasteiger charge is 1.74. The zero-order valence-corrected chi connectivity index (χ0v) is 3.50. The van der Waals surface area contributed by atoms with Gasteiger partial charge in [0.25, 0.3) is 0 Å². The molecule has 0 spiro atoms. The van der Waals surface area contributed by atoms with Crippen molar-refractivity contribution < 1.29 is 4.39 Å². The number of hydrogen-bond acceptors (Lipinski definition) is 0. The molecule has 31 valence electrons. The van der Waals surface area contributed by atoms with E-state index in [4.69, 9.17) is 11.6 Å². The molecule has 0 saturated heterocycles. The van der Waals surface area contributed by atoms with Gasteiger partial charge in [-0.1, -0.05) is 0 Å². The maximum absolute atomic E-state index is 10.9. The molecule has 0 aromatic rings. The van der Waals surface area contributed by atoms with Crippen molar-refractivity contribution in [1.29, 1.82) is 0 Å². The zero-order chi connectivity index (χ0) is 4.12. The lowest BCUT2D eigenvalue weighted by Gasteiger charge is -1.73. The third-order valence-corrected chi connectivity index (χ3v) is 0.436. The van der Waals surface area contributed by atoms with E-state index in [2.05, 4.69) is 0 Å². The van der Waals surface area contributed by atoms with Crippen LogP contribution in [0.4, 0.5) is 4.39 Å². The van der Waals surface area contributed by atoms with E-state index in [-0.39, 0.29) is 0 Å². The summed E-state index contributed by atoms with van der Waals surface area (Å²) >= 11 is 5.01. The summed E-state index contributed by atoms with van der Waals surface area (Å²) in [6.45, 7) is -0.413. The fourth-order valence-electron chi connectivity index (χ4n) is 0.0412. The molecule has 0 aliphatic carbocycles. The molecule has 0 heterocycles. The molecule has 0 aromatic heterocycles. The van der Waals surface area contributed by atoms with Gasteiger partial charge < -0.3 is 0 Å². The van der Waals surface area contributed by atoms with Crippen molar-refractivity contribution in [3.05, 3.63) is 6.42 Å². The molecule has 0 amide bonds. The van der Waals surface area contributed by atoms with Gasteiger partial charge in [0.1, 0.15) is 0 Å². The predicted octanol–water partition coefficient (Wildman–Crippen LogP) is 1.40. The molecule has 1 radical (unpaired) electrons. The third kappa shape index (κ3) is 4.22. The molecular formula is C3H5ClF. The molecule has 0 nitrogen and oxygen atoms in total. The highest BCUT2D eigenvalue weighted by atomic mass is 35.5. The van der Waals surface area contributed by atoms with Crippen molar-refractivity contribution in [2.75, 3.05) is 12.6 Å². The minimum absolute atomic E-state index is 0.316. The van der Waals surface area contributed by atoms with Crippen LogP contribution in [0.3, 0.4) is 0 Å². The van der Waals surface area contributed by atoms with Crippen molar-refractivity contribution in [2.45, 2.75) is 0 Å². The maximum Gasteiger partial charge on any atom is 0.0938 e. The van der Waals surface area contributed by atoms with E-state index in [1.807, 2.05) is 0 Å². The van der Waals surface area contributed by atoms with Gasteiger partial charge in [0.05, 0.1) is 6.67 Å². The molecule has 0 rings (SSSR count). The second-order valence-electron chi connectivity index (χ2n) is 0.597. The summed E-state index contributed by atoms with van der Waals surface area (Å²) in [5.74, 6) is 0.316.